The van der Waals surface area contributed by atoms with E-state index in [1.807, 2.05) is 34.9 Å². The van der Waals surface area contributed by atoms with Crippen molar-refractivity contribution in [3.05, 3.63) is 63.8 Å². The highest BCUT2D eigenvalue weighted by Crippen LogP contribution is 2.36. The SMILES string of the molecule is COc1ccc(OC)c(Sc2nc3c([nH]2)c(=N)ncn3CCc2cccc(Cl)c2Cl)c1. The number of imidazole rings is 1. The van der Waals surface area contributed by atoms with E-state index in [0.717, 1.165) is 16.2 Å². The Balaban J connectivity index is 1.66. The van der Waals surface area contributed by atoms with Gasteiger partial charge in [0.25, 0.3) is 0 Å². The third kappa shape index (κ3) is 4.51. The maximum atomic E-state index is 8.17. The first kappa shape index (κ1) is 21.5. The predicted octanol–water partition coefficient (Wildman–Crippen LogP) is 4.96. The molecule has 0 unspecified atom stereocenters. The maximum absolute atomic E-state index is 8.17. The van der Waals surface area contributed by atoms with Crippen LogP contribution in [-0.4, -0.2) is 33.7 Å². The van der Waals surface area contributed by atoms with Crippen molar-refractivity contribution >= 4 is 46.1 Å². The summed E-state index contributed by atoms with van der Waals surface area (Å²) in [7, 11) is 3.23. The number of hydrogen-bond donors (Lipinski definition) is 2. The van der Waals surface area contributed by atoms with Gasteiger partial charge in [0.05, 0.1) is 35.5 Å². The summed E-state index contributed by atoms with van der Waals surface area (Å²) in [5, 5.41) is 9.87. The zero-order valence-electron chi connectivity index (χ0n) is 16.8. The van der Waals surface area contributed by atoms with Crippen LogP contribution in [0.5, 0.6) is 11.5 Å². The average Bonchev–Trinajstić information content (AvgIpc) is 3.20. The average molecular weight is 476 g/mol. The summed E-state index contributed by atoms with van der Waals surface area (Å²) >= 11 is 13.8. The van der Waals surface area contributed by atoms with E-state index >= 15 is 0 Å². The van der Waals surface area contributed by atoms with Crippen molar-refractivity contribution < 1.29 is 9.47 Å². The lowest BCUT2D eigenvalue weighted by Gasteiger charge is -2.09. The normalized spacial score (nSPS) is 11.1. The van der Waals surface area contributed by atoms with Crippen LogP contribution in [0.2, 0.25) is 10.0 Å². The molecule has 0 spiro atoms. The minimum atomic E-state index is 0.129. The summed E-state index contributed by atoms with van der Waals surface area (Å²) in [6.45, 7) is 0.585. The third-order valence-corrected chi connectivity index (χ3v) is 6.51. The van der Waals surface area contributed by atoms with E-state index in [4.69, 9.17) is 43.1 Å². The summed E-state index contributed by atoms with van der Waals surface area (Å²) in [6, 6.07) is 11.1. The highest BCUT2D eigenvalue weighted by atomic mass is 35.5. The Bertz CT molecular complexity index is 1300. The Hall–Kier alpha value is -2.68. The van der Waals surface area contributed by atoms with Crippen molar-refractivity contribution in [1.29, 1.82) is 5.41 Å². The Labute approximate surface area is 192 Å². The number of methoxy groups -OCH3 is 2. The summed E-state index contributed by atoms with van der Waals surface area (Å²) in [6.07, 6.45) is 2.27. The molecule has 10 heteroatoms. The highest BCUT2D eigenvalue weighted by Gasteiger charge is 2.14. The van der Waals surface area contributed by atoms with Crippen molar-refractivity contribution in [2.45, 2.75) is 23.0 Å². The second-order valence-corrected chi connectivity index (χ2v) is 8.42. The van der Waals surface area contributed by atoms with Gasteiger partial charge in [0.1, 0.15) is 17.0 Å². The molecule has 0 aliphatic heterocycles. The molecule has 0 atom stereocenters. The van der Waals surface area contributed by atoms with E-state index < -0.39 is 0 Å². The molecule has 0 radical (unpaired) electrons. The molecule has 2 heterocycles. The van der Waals surface area contributed by atoms with Crippen molar-refractivity contribution in [2.24, 2.45) is 0 Å². The van der Waals surface area contributed by atoms with Gasteiger partial charge in [-0.1, -0.05) is 35.3 Å². The molecule has 0 bridgehead atoms. The summed E-state index contributed by atoms with van der Waals surface area (Å²) < 4.78 is 12.7. The molecule has 0 aliphatic carbocycles. The topological polar surface area (TPSA) is 88.8 Å². The molecule has 0 fully saturated rings. The largest absolute Gasteiger partial charge is 0.497 e. The van der Waals surface area contributed by atoms with Crippen LogP contribution in [0.15, 0.2) is 52.8 Å². The van der Waals surface area contributed by atoms with Crippen LogP contribution in [0.3, 0.4) is 0 Å². The fourth-order valence-corrected chi connectivity index (χ4v) is 4.46. The molecular formula is C21H19Cl2N5O2S. The lowest BCUT2D eigenvalue weighted by Crippen LogP contribution is -2.13. The second kappa shape index (κ2) is 9.21. The van der Waals surface area contributed by atoms with Crippen LogP contribution in [0, 0.1) is 5.41 Å². The Morgan fingerprint density at radius 2 is 2.00 bits per heavy atom. The van der Waals surface area contributed by atoms with Gasteiger partial charge < -0.3 is 19.0 Å². The van der Waals surface area contributed by atoms with Gasteiger partial charge >= 0.3 is 0 Å². The molecule has 2 aromatic carbocycles. The number of nitrogens with one attached hydrogen (secondary N) is 2. The van der Waals surface area contributed by atoms with Gasteiger partial charge in [0.15, 0.2) is 16.3 Å². The number of aromatic amines is 1. The van der Waals surface area contributed by atoms with E-state index in [9.17, 15) is 0 Å². The molecule has 7 nitrogen and oxygen atoms in total. The smallest absolute Gasteiger partial charge is 0.173 e. The van der Waals surface area contributed by atoms with Crippen LogP contribution >= 0.6 is 35.0 Å². The molecule has 160 valence electrons. The molecule has 2 N–H and O–H groups in total. The molecule has 0 amide bonds. The first-order valence-electron chi connectivity index (χ1n) is 9.32. The minimum Gasteiger partial charge on any atom is -0.497 e. The maximum Gasteiger partial charge on any atom is 0.173 e. The Kier molecular flexibility index (Phi) is 6.41. The van der Waals surface area contributed by atoms with Gasteiger partial charge in [-0.3, -0.25) is 5.41 Å². The molecule has 0 saturated heterocycles. The molecular weight excluding hydrogens is 457 g/mol. The summed E-state index contributed by atoms with van der Waals surface area (Å²) in [5.74, 6) is 1.43. The van der Waals surface area contributed by atoms with Crippen molar-refractivity contribution in [3.63, 3.8) is 0 Å². The number of rotatable bonds is 7. The quantitative estimate of drug-likeness (QED) is 0.394. The zero-order chi connectivity index (χ0) is 22.0. The van der Waals surface area contributed by atoms with E-state index in [1.54, 1.807) is 26.6 Å². The summed E-state index contributed by atoms with van der Waals surface area (Å²) in [4.78, 5) is 12.9. The van der Waals surface area contributed by atoms with Crippen molar-refractivity contribution in [1.82, 2.24) is 19.5 Å². The number of nitrogens with zero attached hydrogens (tertiary/aromatic N) is 3. The van der Waals surface area contributed by atoms with Crippen LogP contribution in [0.25, 0.3) is 11.2 Å². The zero-order valence-corrected chi connectivity index (χ0v) is 19.1. The van der Waals surface area contributed by atoms with Gasteiger partial charge in [-0.15, -0.1) is 0 Å². The van der Waals surface area contributed by atoms with Gasteiger partial charge in [-0.25, -0.2) is 9.97 Å². The number of fused-ring (bicyclic) bond motifs is 1. The standard InChI is InChI=1S/C21H19Cl2N5O2S/c1-29-13-6-7-15(30-2)16(10-13)31-21-26-18-19(24)25-11-28(20(18)27-21)9-8-12-4-3-5-14(22)17(12)23/h3-7,10-11,24H,8-9H2,1-2H3,(H,26,27). The lowest BCUT2D eigenvalue weighted by molar-refractivity contribution is 0.394. The minimum absolute atomic E-state index is 0.129. The Morgan fingerprint density at radius 1 is 1.16 bits per heavy atom. The molecule has 4 rings (SSSR count). The van der Waals surface area contributed by atoms with Crippen molar-refractivity contribution in [2.75, 3.05) is 14.2 Å². The second-order valence-electron chi connectivity index (χ2n) is 6.61. The van der Waals surface area contributed by atoms with Crippen LogP contribution in [0.4, 0.5) is 0 Å². The predicted molar refractivity (Wildman–Crippen MR) is 122 cm³/mol. The molecule has 4 aromatic rings. The number of hydrogen-bond acceptors (Lipinski definition) is 6. The Morgan fingerprint density at radius 3 is 2.77 bits per heavy atom. The number of aryl methyl sites for hydroxylation is 2. The van der Waals surface area contributed by atoms with Gasteiger partial charge in [0.2, 0.25) is 0 Å². The third-order valence-electron chi connectivity index (χ3n) is 4.73. The van der Waals surface area contributed by atoms with Crippen LogP contribution in [0.1, 0.15) is 5.56 Å². The summed E-state index contributed by atoms with van der Waals surface area (Å²) in [5.41, 5.74) is 2.27. The van der Waals surface area contributed by atoms with E-state index in [-0.39, 0.29) is 5.49 Å². The molecule has 31 heavy (non-hydrogen) atoms. The van der Waals surface area contributed by atoms with E-state index in [2.05, 4.69) is 9.97 Å². The van der Waals surface area contributed by atoms with Crippen LogP contribution < -0.4 is 15.0 Å². The number of aromatic nitrogens is 4. The van der Waals surface area contributed by atoms with E-state index in [1.165, 1.54) is 11.8 Å². The number of benzene rings is 2. The molecule has 0 saturated carbocycles. The van der Waals surface area contributed by atoms with Gasteiger partial charge in [0, 0.05) is 6.54 Å². The molecule has 2 aromatic heterocycles. The van der Waals surface area contributed by atoms with Crippen LogP contribution in [-0.2, 0) is 13.0 Å². The monoisotopic (exact) mass is 475 g/mol. The highest BCUT2D eigenvalue weighted by molar-refractivity contribution is 7.99. The van der Waals surface area contributed by atoms with E-state index in [0.29, 0.717) is 45.1 Å². The van der Waals surface area contributed by atoms with Crippen molar-refractivity contribution in [3.8, 4) is 11.5 Å². The lowest BCUT2D eigenvalue weighted by atomic mass is 10.1. The number of halogens is 2. The first-order chi connectivity index (χ1) is 15.0. The number of H-pyrrole nitrogens is 1. The first-order valence-corrected chi connectivity index (χ1v) is 10.9. The van der Waals surface area contributed by atoms with Gasteiger partial charge in [-0.05, 0) is 48.0 Å². The molecule has 0 aliphatic rings. The van der Waals surface area contributed by atoms with Gasteiger partial charge in [-0.2, -0.15) is 0 Å². The number of ether oxygens (including phenoxy) is 2. The fraction of sp³-hybridized carbons (Fsp3) is 0.190. The fourth-order valence-electron chi connectivity index (χ4n) is 3.12.